The maximum absolute atomic E-state index is 12.9. The van der Waals surface area contributed by atoms with E-state index >= 15 is 0 Å². The van der Waals surface area contributed by atoms with Crippen LogP contribution in [-0.4, -0.2) is 57.9 Å². The number of methoxy groups -OCH3 is 1. The van der Waals surface area contributed by atoms with Gasteiger partial charge < -0.3 is 14.5 Å². The first-order chi connectivity index (χ1) is 15.4. The minimum absolute atomic E-state index is 0.0274. The minimum atomic E-state index is -0.472. The van der Waals surface area contributed by atoms with Gasteiger partial charge in [-0.25, -0.2) is 4.98 Å². The standard InChI is InChI=1S/C22H23N5O4S/c1-15-14-25(10-11-26(15)21(28)17-6-8-18(9-7-17)27(29)30)22-23-20(24-32-22)13-16-4-3-5-19(12-16)31-2/h3-9,12,15H,10-11,13-14H2,1-2H3. The SMILES string of the molecule is COc1cccc(Cc2nsc(N3CCN(C(=O)c4ccc([N+](=O)[O-])cc4)C(C)C3)n2)c1. The summed E-state index contributed by atoms with van der Waals surface area (Å²) < 4.78 is 9.78. The number of carbonyl (C=O) groups is 1. The van der Waals surface area contributed by atoms with Crippen LogP contribution in [0.15, 0.2) is 48.5 Å². The number of nitrogens with zero attached hydrogens (tertiary/aromatic N) is 5. The molecule has 3 aromatic rings. The van der Waals surface area contributed by atoms with Crippen LogP contribution in [0.1, 0.15) is 28.7 Å². The number of benzene rings is 2. The number of nitro benzene ring substituents is 1. The number of nitro groups is 1. The Hall–Kier alpha value is -3.53. The minimum Gasteiger partial charge on any atom is -0.497 e. The zero-order chi connectivity index (χ0) is 22.7. The van der Waals surface area contributed by atoms with Gasteiger partial charge in [0.25, 0.3) is 11.6 Å². The molecular weight excluding hydrogens is 430 g/mol. The number of piperazine rings is 1. The molecule has 0 radical (unpaired) electrons. The van der Waals surface area contributed by atoms with E-state index in [1.54, 1.807) is 12.0 Å². The van der Waals surface area contributed by atoms with Crippen molar-refractivity contribution in [2.45, 2.75) is 19.4 Å². The second-order valence-electron chi connectivity index (χ2n) is 7.62. The molecule has 166 valence electrons. The third-order valence-corrected chi connectivity index (χ3v) is 6.25. The van der Waals surface area contributed by atoms with Crippen LogP contribution in [0.3, 0.4) is 0 Å². The summed E-state index contributed by atoms with van der Waals surface area (Å²) in [6, 6.07) is 13.6. The van der Waals surface area contributed by atoms with Gasteiger partial charge in [-0.2, -0.15) is 4.37 Å². The Kier molecular flexibility index (Phi) is 6.31. The van der Waals surface area contributed by atoms with Gasteiger partial charge in [-0.05, 0) is 36.8 Å². The molecule has 1 saturated heterocycles. The molecule has 32 heavy (non-hydrogen) atoms. The Labute approximate surface area is 189 Å². The first-order valence-electron chi connectivity index (χ1n) is 10.2. The molecule has 0 spiro atoms. The largest absolute Gasteiger partial charge is 0.497 e. The highest BCUT2D eigenvalue weighted by molar-refractivity contribution is 7.09. The summed E-state index contributed by atoms with van der Waals surface area (Å²) in [6.45, 7) is 3.83. The Bertz CT molecular complexity index is 1120. The van der Waals surface area contributed by atoms with Gasteiger partial charge in [0.1, 0.15) is 11.6 Å². The number of hydrogen-bond acceptors (Lipinski definition) is 8. The van der Waals surface area contributed by atoms with E-state index in [0.717, 1.165) is 22.3 Å². The van der Waals surface area contributed by atoms with Crippen molar-refractivity contribution in [2.24, 2.45) is 0 Å². The van der Waals surface area contributed by atoms with E-state index in [1.165, 1.54) is 35.8 Å². The smallest absolute Gasteiger partial charge is 0.269 e. The highest BCUT2D eigenvalue weighted by atomic mass is 32.1. The summed E-state index contributed by atoms with van der Waals surface area (Å²) in [5.41, 5.74) is 1.51. The van der Waals surface area contributed by atoms with Crippen molar-refractivity contribution >= 4 is 28.3 Å². The second-order valence-corrected chi connectivity index (χ2v) is 8.35. The Morgan fingerprint density at radius 1 is 1.25 bits per heavy atom. The first-order valence-corrected chi connectivity index (χ1v) is 11.0. The molecule has 10 heteroatoms. The second kappa shape index (κ2) is 9.31. The van der Waals surface area contributed by atoms with E-state index in [1.807, 2.05) is 31.2 Å². The van der Waals surface area contributed by atoms with Crippen LogP contribution < -0.4 is 9.64 Å². The van der Waals surface area contributed by atoms with Crippen LogP contribution in [0.25, 0.3) is 0 Å². The van der Waals surface area contributed by atoms with Gasteiger partial charge in [0.2, 0.25) is 5.13 Å². The molecule has 2 aromatic carbocycles. The average molecular weight is 454 g/mol. The lowest BCUT2D eigenvalue weighted by Crippen LogP contribution is -2.54. The number of anilines is 1. The summed E-state index contributed by atoms with van der Waals surface area (Å²) in [7, 11) is 1.64. The van der Waals surface area contributed by atoms with Gasteiger partial charge >= 0.3 is 0 Å². The first kappa shape index (κ1) is 21.7. The molecule has 0 bridgehead atoms. The molecule has 1 aromatic heterocycles. The van der Waals surface area contributed by atoms with Gasteiger partial charge in [0.15, 0.2) is 0 Å². The molecule has 1 atom stereocenters. The number of aromatic nitrogens is 2. The van der Waals surface area contributed by atoms with E-state index in [4.69, 9.17) is 9.72 Å². The lowest BCUT2D eigenvalue weighted by Gasteiger charge is -2.39. The Morgan fingerprint density at radius 2 is 2.03 bits per heavy atom. The number of hydrogen-bond donors (Lipinski definition) is 0. The number of non-ortho nitro benzene ring substituents is 1. The molecule has 1 fully saturated rings. The van der Waals surface area contributed by atoms with Crippen LogP contribution in [0, 0.1) is 10.1 Å². The Morgan fingerprint density at radius 3 is 2.72 bits per heavy atom. The number of amides is 1. The molecule has 0 aliphatic carbocycles. The van der Waals surface area contributed by atoms with Crippen molar-refractivity contribution in [1.29, 1.82) is 0 Å². The quantitative estimate of drug-likeness (QED) is 0.416. The lowest BCUT2D eigenvalue weighted by molar-refractivity contribution is -0.384. The summed E-state index contributed by atoms with van der Waals surface area (Å²) >= 11 is 1.36. The zero-order valence-electron chi connectivity index (χ0n) is 17.8. The Balaban J connectivity index is 1.39. The summed E-state index contributed by atoms with van der Waals surface area (Å²) in [5, 5.41) is 11.7. The third-order valence-electron chi connectivity index (χ3n) is 5.44. The molecule has 1 unspecified atom stereocenters. The van der Waals surface area contributed by atoms with Gasteiger partial charge in [-0.3, -0.25) is 14.9 Å². The summed E-state index contributed by atoms with van der Waals surface area (Å²) in [5.74, 6) is 1.44. The lowest BCUT2D eigenvalue weighted by atomic mass is 10.1. The maximum Gasteiger partial charge on any atom is 0.269 e. The zero-order valence-corrected chi connectivity index (χ0v) is 18.6. The molecule has 1 aliphatic heterocycles. The molecular formula is C22H23N5O4S. The highest BCUT2D eigenvalue weighted by Gasteiger charge is 2.29. The van der Waals surface area contributed by atoms with E-state index < -0.39 is 4.92 Å². The van der Waals surface area contributed by atoms with E-state index in [-0.39, 0.29) is 17.6 Å². The van der Waals surface area contributed by atoms with Crippen molar-refractivity contribution in [1.82, 2.24) is 14.3 Å². The molecule has 0 saturated carbocycles. The van der Waals surface area contributed by atoms with Crippen molar-refractivity contribution in [3.63, 3.8) is 0 Å². The van der Waals surface area contributed by atoms with Gasteiger partial charge in [0.05, 0.1) is 12.0 Å². The molecule has 1 aliphatic rings. The molecule has 1 amide bonds. The molecule has 2 heterocycles. The molecule has 9 nitrogen and oxygen atoms in total. The predicted octanol–water partition coefficient (Wildman–Crippen LogP) is 3.40. The maximum atomic E-state index is 12.9. The van der Waals surface area contributed by atoms with Crippen molar-refractivity contribution in [3.05, 3.63) is 75.6 Å². The van der Waals surface area contributed by atoms with E-state index in [2.05, 4.69) is 9.27 Å². The van der Waals surface area contributed by atoms with Gasteiger partial charge in [0, 0.05) is 61.3 Å². The van der Waals surface area contributed by atoms with Gasteiger partial charge in [-0.1, -0.05) is 12.1 Å². The van der Waals surface area contributed by atoms with Crippen molar-refractivity contribution in [3.8, 4) is 5.75 Å². The third kappa shape index (κ3) is 4.70. The van der Waals surface area contributed by atoms with Crippen molar-refractivity contribution < 1.29 is 14.5 Å². The molecule has 4 rings (SSSR count). The van der Waals surface area contributed by atoms with E-state index in [9.17, 15) is 14.9 Å². The van der Waals surface area contributed by atoms with Crippen molar-refractivity contribution in [2.75, 3.05) is 31.6 Å². The van der Waals surface area contributed by atoms with Crippen LogP contribution in [0.5, 0.6) is 5.75 Å². The monoisotopic (exact) mass is 453 g/mol. The van der Waals surface area contributed by atoms with E-state index in [0.29, 0.717) is 31.6 Å². The van der Waals surface area contributed by atoms with Crippen LogP contribution in [0.2, 0.25) is 0 Å². The fraction of sp³-hybridized carbons (Fsp3) is 0.318. The summed E-state index contributed by atoms with van der Waals surface area (Å²) in [4.78, 5) is 31.9. The highest BCUT2D eigenvalue weighted by Crippen LogP contribution is 2.24. The number of rotatable bonds is 6. The van der Waals surface area contributed by atoms with Gasteiger partial charge in [-0.15, -0.1) is 0 Å². The fourth-order valence-electron chi connectivity index (χ4n) is 3.73. The van der Waals surface area contributed by atoms with Crippen LogP contribution in [0.4, 0.5) is 10.8 Å². The number of carbonyl (C=O) groups excluding carboxylic acids is 1. The normalized spacial score (nSPS) is 16.1. The topological polar surface area (TPSA) is 102 Å². The fourth-order valence-corrected chi connectivity index (χ4v) is 4.45. The van der Waals surface area contributed by atoms with Crippen LogP contribution in [-0.2, 0) is 6.42 Å². The molecule has 0 N–H and O–H groups in total. The number of ether oxygens (including phenoxy) is 1. The van der Waals surface area contributed by atoms with Crippen LogP contribution >= 0.6 is 11.5 Å². The predicted molar refractivity (Wildman–Crippen MR) is 122 cm³/mol. The summed E-state index contributed by atoms with van der Waals surface area (Å²) in [6.07, 6.45) is 0.627. The average Bonchev–Trinajstić information content (AvgIpc) is 3.27.